The number of likely N-dealkylation sites (tertiary alicyclic amines) is 1. The first kappa shape index (κ1) is 9.98. The van der Waals surface area contributed by atoms with Crippen molar-refractivity contribution in [1.29, 1.82) is 0 Å². The molecule has 0 aromatic carbocycles. The number of rotatable bonds is 3. The van der Waals surface area contributed by atoms with Gasteiger partial charge in [-0.3, -0.25) is 4.79 Å². The number of nitrogens with zero attached hydrogens (tertiary/aromatic N) is 2. The number of nitrogens with one attached hydrogen (secondary N) is 1. The molecule has 74 valence electrons. The predicted octanol–water partition coefficient (Wildman–Crippen LogP) is -0.825. The molecule has 1 fully saturated rings. The molecule has 0 spiro atoms. The smallest absolute Gasteiger partial charge is 0.269 e. The molecule has 13 heavy (non-hydrogen) atoms. The highest BCUT2D eigenvalue weighted by Crippen LogP contribution is 2.03. The molecule has 1 amide bonds. The molecule has 2 N–H and O–H groups in total. The summed E-state index contributed by atoms with van der Waals surface area (Å²) in [5.41, 5.74) is 3.21. The summed E-state index contributed by atoms with van der Waals surface area (Å²) in [4.78, 5) is 12.9. The summed E-state index contributed by atoms with van der Waals surface area (Å²) in [6, 6.07) is 0. The van der Waals surface area contributed by atoms with Gasteiger partial charge in [-0.15, -0.1) is 0 Å². The van der Waals surface area contributed by atoms with E-state index in [-0.39, 0.29) is 5.91 Å². The van der Waals surface area contributed by atoms with Crippen molar-refractivity contribution >= 4 is 11.6 Å². The lowest BCUT2D eigenvalue weighted by molar-refractivity contribution is -0.121. The number of hydrogen-bond donors (Lipinski definition) is 2. The third-order valence-corrected chi connectivity index (χ3v) is 1.88. The van der Waals surface area contributed by atoms with Gasteiger partial charge in [-0.05, 0) is 6.92 Å². The summed E-state index contributed by atoms with van der Waals surface area (Å²) in [6.07, 6.45) is 0.237. The Kier molecular flexibility index (Phi) is 3.25. The van der Waals surface area contributed by atoms with Crippen LogP contribution in [0.15, 0.2) is 5.10 Å². The minimum absolute atomic E-state index is 0.0295. The van der Waals surface area contributed by atoms with Crippen molar-refractivity contribution in [2.75, 3.05) is 20.1 Å². The van der Waals surface area contributed by atoms with Crippen LogP contribution in [0.25, 0.3) is 0 Å². The van der Waals surface area contributed by atoms with Crippen molar-refractivity contribution in [3.8, 4) is 0 Å². The third-order valence-electron chi connectivity index (χ3n) is 1.88. The number of amides is 1. The van der Waals surface area contributed by atoms with E-state index in [0.29, 0.717) is 18.7 Å². The van der Waals surface area contributed by atoms with E-state index in [0.717, 1.165) is 6.54 Å². The highest BCUT2D eigenvalue weighted by Gasteiger charge is 2.23. The maximum absolute atomic E-state index is 11.3. The van der Waals surface area contributed by atoms with E-state index in [4.69, 9.17) is 5.11 Å². The van der Waals surface area contributed by atoms with E-state index in [2.05, 4.69) is 10.5 Å². The molecule has 1 saturated heterocycles. The van der Waals surface area contributed by atoms with Crippen molar-refractivity contribution in [2.45, 2.75) is 19.4 Å². The van der Waals surface area contributed by atoms with Crippen LogP contribution in [0.3, 0.4) is 0 Å². The molecule has 1 unspecified atom stereocenters. The molecule has 1 aliphatic heterocycles. The predicted molar refractivity (Wildman–Crippen MR) is 49.4 cm³/mol. The quantitative estimate of drug-likeness (QED) is 0.564. The lowest BCUT2D eigenvalue weighted by Gasteiger charge is -2.05. The zero-order valence-electron chi connectivity index (χ0n) is 7.95. The monoisotopic (exact) mass is 185 g/mol. The fourth-order valence-electron chi connectivity index (χ4n) is 1.08. The molecule has 1 atom stereocenters. The van der Waals surface area contributed by atoms with Crippen LogP contribution in [0.4, 0.5) is 0 Å². The van der Waals surface area contributed by atoms with Crippen LogP contribution in [0.5, 0.6) is 0 Å². The van der Waals surface area contributed by atoms with Gasteiger partial charge in [0.1, 0.15) is 5.71 Å². The van der Waals surface area contributed by atoms with Crippen LogP contribution in [0, 0.1) is 0 Å². The van der Waals surface area contributed by atoms with Crippen LogP contribution >= 0.6 is 0 Å². The van der Waals surface area contributed by atoms with E-state index in [1.807, 2.05) is 0 Å². The van der Waals surface area contributed by atoms with Gasteiger partial charge in [-0.2, -0.15) is 5.10 Å². The molecule has 5 nitrogen and oxygen atoms in total. The van der Waals surface area contributed by atoms with E-state index < -0.39 is 6.10 Å². The molecule has 0 bridgehead atoms. The van der Waals surface area contributed by atoms with Gasteiger partial charge < -0.3 is 15.4 Å². The highest BCUT2D eigenvalue weighted by atomic mass is 16.3. The Morgan fingerprint density at radius 1 is 1.77 bits per heavy atom. The topological polar surface area (TPSA) is 64.9 Å². The van der Waals surface area contributed by atoms with E-state index in [9.17, 15) is 4.79 Å². The largest absolute Gasteiger partial charge is 0.392 e. The average molecular weight is 185 g/mol. The minimum Gasteiger partial charge on any atom is -0.392 e. The van der Waals surface area contributed by atoms with Gasteiger partial charge in [0.2, 0.25) is 0 Å². The Bertz CT molecular complexity index is 225. The fourth-order valence-corrected chi connectivity index (χ4v) is 1.08. The van der Waals surface area contributed by atoms with Crippen molar-refractivity contribution < 1.29 is 9.90 Å². The second-order valence-corrected chi connectivity index (χ2v) is 3.25. The molecular formula is C8H15N3O2. The second kappa shape index (κ2) is 4.23. The van der Waals surface area contributed by atoms with Crippen molar-refractivity contribution in [3.05, 3.63) is 0 Å². The molecule has 5 heteroatoms. The Balaban J connectivity index is 2.39. The summed E-state index contributed by atoms with van der Waals surface area (Å²) in [5, 5.41) is 12.8. The van der Waals surface area contributed by atoms with E-state index in [1.165, 1.54) is 0 Å². The van der Waals surface area contributed by atoms with E-state index in [1.54, 1.807) is 18.9 Å². The summed E-state index contributed by atoms with van der Waals surface area (Å²) < 4.78 is 0. The average Bonchev–Trinajstić information content (AvgIpc) is 2.35. The SMILES string of the molecule is CC(O)CN/N=C1\CCN(C)C1=O. The minimum atomic E-state index is -0.446. The van der Waals surface area contributed by atoms with Gasteiger partial charge in [0.05, 0.1) is 12.6 Å². The Morgan fingerprint density at radius 2 is 2.46 bits per heavy atom. The molecule has 0 aromatic heterocycles. The number of hydrogen-bond acceptors (Lipinski definition) is 4. The standard InChI is InChI=1S/C8H15N3O2/c1-6(12)5-9-10-7-3-4-11(2)8(7)13/h6,9,12H,3-5H2,1-2H3/b10-7+. The maximum Gasteiger partial charge on any atom is 0.269 e. The van der Waals surface area contributed by atoms with Crippen LogP contribution in [0.2, 0.25) is 0 Å². The molecule has 0 aliphatic carbocycles. The maximum atomic E-state index is 11.3. The molecule has 0 radical (unpaired) electrons. The van der Waals surface area contributed by atoms with Crippen molar-refractivity contribution in [1.82, 2.24) is 10.3 Å². The Morgan fingerprint density at radius 3 is 2.92 bits per heavy atom. The number of aliphatic hydroxyl groups excluding tert-OH is 1. The molecule has 1 rings (SSSR count). The number of aliphatic hydroxyl groups is 1. The first-order chi connectivity index (χ1) is 6.11. The van der Waals surface area contributed by atoms with Gasteiger partial charge in [0.15, 0.2) is 0 Å². The van der Waals surface area contributed by atoms with Crippen molar-refractivity contribution in [2.24, 2.45) is 5.10 Å². The Hall–Kier alpha value is -1.10. The normalized spacial score (nSPS) is 22.5. The first-order valence-electron chi connectivity index (χ1n) is 4.34. The summed E-state index contributed by atoms with van der Waals surface area (Å²) in [5.74, 6) is -0.0295. The van der Waals surface area contributed by atoms with Crippen LogP contribution in [-0.2, 0) is 4.79 Å². The van der Waals surface area contributed by atoms with Gasteiger partial charge >= 0.3 is 0 Å². The molecule has 1 heterocycles. The second-order valence-electron chi connectivity index (χ2n) is 3.25. The van der Waals surface area contributed by atoms with Crippen molar-refractivity contribution in [3.63, 3.8) is 0 Å². The van der Waals surface area contributed by atoms with Gasteiger partial charge in [-0.25, -0.2) is 0 Å². The molecular weight excluding hydrogens is 170 g/mol. The van der Waals surface area contributed by atoms with Gasteiger partial charge in [0.25, 0.3) is 5.91 Å². The molecule has 1 aliphatic rings. The van der Waals surface area contributed by atoms with Crippen LogP contribution in [-0.4, -0.2) is 47.9 Å². The molecule has 0 saturated carbocycles. The summed E-state index contributed by atoms with van der Waals surface area (Å²) in [7, 11) is 1.75. The number of carbonyl (C=O) groups excluding carboxylic acids is 1. The van der Waals surface area contributed by atoms with Crippen LogP contribution < -0.4 is 5.43 Å². The van der Waals surface area contributed by atoms with Gasteiger partial charge in [-0.1, -0.05) is 0 Å². The lowest BCUT2D eigenvalue weighted by atomic mass is 10.3. The number of hydrazone groups is 1. The Labute approximate surface area is 77.4 Å². The third kappa shape index (κ3) is 2.69. The fraction of sp³-hybridized carbons (Fsp3) is 0.750. The first-order valence-corrected chi connectivity index (χ1v) is 4.34. The van der Waals surface area contributed by atoms with Crippen LogP contribution in [0.1, 0.15) is 13.3 Å². The zero-order chi connectivity index (χ0) is 9.84. The van der Waals surface area contributed by atoms with E-state index >= 15 is 0 Å². The zero-order valence-corrected chi connectivity index (χ0v) is 7.95. The lowest BCUT2D eigenvalue weighted by Crippen LogP contribution is -2.26. The van der Waals surface area contributed by atoms with Gasteiger partial charge in [0, 0.05) is 20.0 Å². The molecule has 0 aromatic rings. The highest BCUT2D eigenvalue weighted by molar-refractivity contribution is 6.40. The summed E-state index contributed by atoms with van der Waals surface area (Å²) in [6.45, 7) is 2.77. The number of carbonyl (C=O) groups is 1. The summed E-state index contributed by atoms with van der Waals surface area (Å²) >= 11 is 0.